The molecule has 0 spiro atoms. The third-order valence-corrected chi connectivity index (χ3v) is 3.07. The highest BCUT2D eigenvalue weighted by Gasteiger charge is 2.08. The Balaban J connectivity index is 2.41. The van der Waals surface area contributed by atoms with Gasteiger partial charge in [-0.1, -0.05) is 0 Å². The Bertz CT molecular complexity index is 469. The van der Waals surface area contributed by atoms with E-state index in [1.807, 2.05) is 13.8 Å². The maximum absolute atomic E-state index is 8.97. The van der Waals surface area contributed by atoms with Crippen LogP contribution in [0.5, 0.6) is 0 Å². The second kappa shape index (κ2) is 4.12. The summed E-state index contributed by atoms with van der Waals surface area (Å²) in [5, 5.41) is 13.2. The van der Waals surface area contributed by atoms with E-state index in [0.29, 0.717) is 0 Å². The molecule has 0 aliphatic carbocycles. The van der Waals surface area contributed by atoms with Gasteiger partial charge < -0.3 is 10.4 Å². The normalized spacial score (nSPS) is 13.0. The second-order valence-electron chi connectivity index (χ2n) is 3.53. The highest BCUT2D eigenvalue weighted by molar-refractivity contribution is 7.18. The van der Waals surface area contributed by atoms with Gasteiger partial charge in [-0.25, -0.2) is 9.97 Å². The summed E-state index contributed by atoms with van der Waals surface area (Å²) >= 11 is 1.65. The largest absolute Gasteiger partial charge is 0.394 e. The average Bonchev–Trinajstić information content (AvgIpc) is 2.59. The number of fused-ring (bicyclic) bond motifs is 1. The molecule has 1 atom stereocenters. The zero-order valence-corrected chi connectivity index (χ0v) is 9.51. The molecule has 0 aliphatic heterocycles. The first-order chi connectivity index (χ1) is 7.20. The summed E-state index contributed by atoms with van der Waals surface area (Å²) in [5.74, 6) is 0.797. The van der Waals surface area contributed by atoms with Crippen molar-refractivity contribution < 1.29 is 5.11 Å². The number of nitrogens with zero attached hydrogens (tertiary/aromatic N) is 2. The number of anilines is 1. The van der Waals surface area contributed by atoms with E-state index < -0.39 is 0 Å². The summed E-state index contributed by atoms with van der Waals surface area (Å²) in [7, 11) is 0. The van der Waals surface area contributed by atoms with Crippen molar-refractivity contribution in [2.24, 2.45) is 0 Å². The summed E-state index contributed by atoms with van der Waals surface area (Å²) < 4.78 is 0. The summed E-state index contributed by atoms with van der Waals surface area (Å²) in [5.41, 5.74) is 0. The predicted molar refractivity (Wildman–Crippen MR) is 62.3 cm³/mol. The van der Waals surface area contributed by atoms with Crippen molar-refractivity contribution in [2.75, 3.05) is 11.9 Å². The van der Waals surface area contributed by atoms with Gasteiger partial charge in [-0.05, 0) is 19.9 Å². The van der Waals surface area contributed by atoms with Crippen molar-refractivity contribution in [3.05, 3.63) is 17.3 Å². The van der Waals surface area contributed by atoms with E-state index >= 15 is 0 Å². The molecular weight excluding hydrogens is 210 g/mol. The van der Waals surface area contributed by atoms with E-state index in [1.54, 1.807) is 17.7 Å². The van der Waals surface area contributed by atoms with Gasteiger partial charge in [0.15, 0.2) is 0 Å². The van der Waals surface area contributed by atoms with E-state index in [-0.39, 0.29) is 12.6 Å². The number of aromatic nitrogens is 2. The van der Waals surface area contributed by atoms with Gasteiger partial charge in [0, 0.05) is 10.9 Å². The number of rotatable bonds is 3. The molecule has 0 bridgehead atoms. The highest BCUT2D eigenvalue weighted by atomic mass is 32.1. The highest BCUT2D eigenvalue weighted by Crippen LogP contribution is 2.27. The van der Waals surface area contributed by atoms with Crippen molar-refractivity contribution in [1.29, 1.82) is 0 Å². The van der Waals surface area contributed by atoms with Crippen LogP contribution in [0, 0.1) is 6.92 Å². The first kappa shape index (κ1) is 10.3. The van der Waals surface area contributed by atoms with Gasteiger partial charge in [0.2, 0.25) is 0 Å². The van der Waals surface area contributed by atoms with Crippen LogP contribution >= 0.6 is 11.3 Å². The van der Waals surface area contributed by atoms with Crippen molar-refractivity contribution in [3.8, 4) is 0 Å². The van der Waals surface area contributed by atoms with Gasteiger partial charge in [-0.2, -0.15) is 0 Å². The van der Waals surface area contributed by atoms with Gasteiger partial charge >= 0.3 is 0 Å². The molecule has 0 fully saturated rings. The smallest absolute Gasteiger partial charge is 0.138 e. The van der Waals surface area contributed by atoms with Crippen LogP contribution in [0.1, 0.15) is 11.8 Å². The lowest BCUT2D eigenvalue weighted by atomic mass is 10.3. The van der Waals surface area contributed by atoms with Crippen LogP contribution < -0.4 is 5.32 Å². The maximum atomic E-state index is 8.97. The van der Waals surface area contributed by atoms with Gasteiger partial charge in [0.05, 0.1) is 12.0 Å². The average molecular weight is 223 g/mol. The van der Waals surface area contributed by atoms with E-state index in [9.17, 15) is 0 Å². The van der Waals surface area contributed by atoms with Crippen molar-refractivity contribution in [1.82, 2.24) is 9.97 Å². The SMILES string of the molecule is Cc1cc2c(NC(C)CO)ncnc2s1. The third-order valence-electron chi connectivity index (χ3n) is 2.11. The number of hydrogen-bond acceptors (Lipinski definition) is 5. The lowest BCUT2D eigenvalue weighted by Crippen LogP contribution is -2.20. The molecule has 5 heteroatoms. The maximum Gasteiger partial charge on any atom is 0.138 e. The van der Waals surface area contributed by atoms with Gasteiger partial charge in [0.1, 0.15) is 17.0 Å². The number of nitrogens with one attached hydrogen (secondary N) is 1. The van der Waals surface area contributed by atoms with Crippen molar-refractivity contribution in [2.45, 2.75) is 19.9 Å². The number of aryl methyl sites for hydroxylation is 1. The summed E-state index contributed by atoms with van der Waals surface area (Å²) in [6, 6.07) is 2.06. The zero-order valence-electron chi connectivity index (χ0n) is 8.69. The molecule has 2 aromatic heterocycles. The van der Waals surface area contributed by atoms with Crippen molar-refractivity contribution >= 4 is 27.4 Å². The Labute approximate surface area is 92.0 Å². The van der Waals surface area contributed by atoms with E-state index in [4.69, 9.17) is 5.11 Å². The molecule has 2 rings (SSSR count). The molecule has 0 saturated heterocycles. The fourth-order valence-corrected chi connectivity index (χ4v) is 2.22. The lowest BCUT2D eigenvalue weighted by Gasteiger charge is -2.11. The first-order valence-electron chi connectivity index (χ1n) is 4.79. The minimum Gasteiger partial charge on any atom is -0.394 e. The minimum atomic E-state index is 0.00306. The topological polar surface area (TPSA) is 58.0 Å². The Morgan fingerprint density at radius 3 is 3.07 bits per heavy atom. The molecule has 1 unspecified atom stereocenters. The second-order valence-corrected chi connectivity index (χ2v) is 4.76. The Kier molecular flexibility index (Phi) is 2.83. The Hall–Kier alpha value is -1.20. The molecule has 2 aromatic rings. The fraction of sp³-hybridized carbons (Fsp3) is 0.400. The van der Waals surface area contributed by atoms with Crippen LogP contribution in [-0.4, -0.2) is 27.7 Å². The minimum absolute atomic E-state index is 0.00306. The predicted octanol–water partition coefficient (Wildman–Crippen LogP) is 1.79. The van der Waals surface area contributed by atoms with Gasteiger partial charge in [-0.3, -0.25) is 0 Å². The molecule has 2 N–H and O–H groups in total. The monoisotopic (exact) mass is 223 g/mol. The molecule has 0 aliphatic rings. The van der Waals surface area contributed by atoms with Gasteiger partial charge in [-0.15, -0.1) is 11.3 Å². The Morgan fingerprint density at radius 2 is 2.33 bits per heavy atom. The van der Waals surface area contributed by atoms with E-state index in [2.05, 4.69) is 21.4 Å². The van der Waals surface area contributed by atoms with Crippen LogP contribution in [0.4, 0.5) is 5.82 Å². The van der Waals surface area contributed by atoms with Crippen LogP contribution in [0.25, 0.3) is 10.2 Å². The lowest BCUT2D eigenvalue weighted by molar-refractivity contribution is 0.281. The number of aliphatic hydroxyl groups is 1. The van der Waals surface area contributed by atoms with E-state index in [1.165, 1.54) is 4.88 Å². The summed E-state index contributed by atoms with van der Waals surface area (Å²) in [6.45, 7) is 4.05. The number of aliphatic hydroxyl groups excluding tert-OH is 1. The molecule has 0 saturated carbocycles. The van der Waals surface area contributed by atoms with Crippen LogP contribution in [0.15, 0.2) is 12.4 Å². The molecule has 0 radical (unpaired) electrons. The summed E-state index contributed by atoms with van der Waals surface area (Å²) in [6.07, 6.45) is 1.55. The zero-order chi connectivity index (χ0) is 10.8. The third kappa shape index (κ3) is 2.08. The molecule has 0 aromatic carbocycles. The van der Waals surface area contributed by atoms with Crippen LogP contribution in [-0.2, 0) is 0 Å². The molecule has 80 valence electrons. The standard InChI is InChI=1S/C10H13N3OS/c1-6(4-14)13-9-8-3-7(2)15-10(8)12-5-11-9/h3,5-6,14H,4H2,1-2H3,(H,11,12,13). The number of hydrogen-bond donors (Lipinski definition) is 2. The fourth-order valence-electron chi connectivity index (χ4n) is 1.37. The first-order valence-corrected chi connectivity index (χ1v) is 5.61. The molecule has 4 nitrogen and oxygen atoms in total. The van der Waals surface area contributed by atoms with Crippen LogP contribution in [0.3, 0.4) is 0 Å². The Morgan fingerprint density at radius 1 is 1.53 bits per heavy atom. The molecule has 2 heterocycles. The molecular formula is C10H13N3OS. The molecule has 0 amide bonds. The van der Waals surface area contributed by atoms with E-state index in [0.717, 1.165) is 16.0 Å². The quantitative estimate of drug-likeness (QED) is 0.833. The van der Waals surface area contributed by atoms with Gasteiger partial charge in [0.25, 0.3) is 0 Å². The number of thiophene rings is 1. The van der Waals surface area contributed by atoms with Crippen LogP contribution in [0.2, 0.25) is 0 Å². The summed E-state index contributed by atoms with van der Waals surface area (Å²) in [4.78, 5) is 10.6. The molecule has 15 heavy (non-hydrogen) atoms. The van der Waals surface area contributed by atoms with Crippen molar-refractivity contribution in [3.63, 3.8) is 0 Å².